The number of carboxylic acid groups (broad SMARTS) is 1. The number of carboxylic acids is 1. The van der Waals surface area contributed by atoms with E-state index in [1.165, 1.54) is 11.6 Å². The minimum Gasteiger partial charge on any atom is -0.494 e. The number of ether oxygens (including phenoxy) is 1. The van der Waals surface area contributed by atoms with Crippen LogP contribution in [0.15, 0.2) is 42.5 Å². The van der Waals surface area contributed by atoms with E-state index in [9.17, 15) is 19.1 Å². The van der Waals surface area contributed by atoms with Gasteiger partial charge < -0.3 is 14.7 Å². The minimum absolute atomic E-state index is 0.0987. The van der Waals surface area contributed by atoms with Crippen LogP contribution in [0.1, 0.15) is 95.1 Å². The Hall–Kier alpha value is -3.78. The molecule has 0 atom stereocenters. The number of hydrogen-bond acceptors (Lipinski definition) is 5. The fourth-order valence-electron chi connectivity index (χ4n) is 6.74. The summed E-state index contributed by atoms with van der Waals surface area (Å²) in [5.41, 5.74) is 6.25. The predicted molar refractivity (Wildman–Crippen MR) is 163 cm³/mol. The van der Waals surface area contributed by atoms with Crippen LogP contribution in [0.2, 0.25) is 0 Å². The Morgan fingerprint density at radius 2 is 1.84 bits per heavy atom. The SMILES string of the molecule is CCCc1nc2c(cc1C(=O)O)C(=O)N(C1CCN(Cc3cc(C4CC4)c(-c4cccc(F)c4)cc3OCC)CC1)CC2. The molecule has 3 heterocycles. The van der Waals surface area contributed by atoms with Gasteiger partial charge in [-0.05, 0) is 92.0 Å². The second kappa shape index (κ2) is 12.4. The average molecular weight is 586 g/mol. The van der Waals surface area contributed by atoms with E-state index in [4.69, 9.17) is 4.74 Å². The molecule has 1 aliphatic carbocycles. The van der Waals surface area contributed by atoms with E-state index < -0.39 is 5.97 Å². The summed E-state index contributed by atoms with van der Waals surface area (Å²) in [5.74, 6) is -0.0175. The van der Waals surface area contributed by atoms with Crippen molar-refractivity contribution in [1.82, 2.24) is 14.8 Å². The Kier molecular flexibility index (Phi) is 8.48. The van der Waals surface area contributed by atoms with Gasteiger partial charge in [-0.1, -0.05) is 25.5 Å². The number of nitrogens with zero attached hydrogens (tertiary/aromatic N) is 3. The fourth-order valence-corrected chi connectivity index (χ4v) is 6.74. The molecule has 2 aromatic carbocycles. The molecule has 1 aromatic heterocycles. The Balaban J connectivity index is 1.17. The van der Waals surface area contributed by atoms with Crippen molar-refractivity contribution < 1.29 is 23.8 Å². The third-order valence-electron chi connectivity index (χ3n) is 9.06. The molecule has 1 N–H and O–H groups in total. The highest BCUT2D eigenvalue weighted by molar-refractivity contribution is 5.99. The molecule has 2 fully saturated rings. The number of likely N-dealkylation sites (tertiary alicyclic amines) is 1. The maximum absolute atomic E-state index is 14.1. The number of amides is 1. The maximum Gasteiger partial charge on any atom is 0.337 e. The second-order valence-electron chi connectivity index (χ2n) is 12.1. The summed E-state index contributed by atoms with van der Waals surface area (Å²) in [6.07, 6.45) is 6.05. The molecule has 226 valence electrons. The molecule has 3 aliphatic rings. The van der Waals surface area contributed by atoms with Gasteiger partial charge in [-0.25, -0.2) is 9.18 Å². The van der Waals surface area contributed by atoms with E-state index in [2.05, 4.69) is 22.0 Å². The van der Waals surface area contributed by atoms with Crippen molar-refractivity contribution in [2.75, 3.05) is 26.2 Å². The molecule has 1 amide bonds. The van der Waals surface area contributed by atoms with Crippen molar-refractivity contribution in [2.45, 2.75) is 77.3 Å². The van der Waals surface area contributed by atoms with Gasteiger partial charge in [-0.15, -0.1) is 0 Å². The molecule has 0 spiro atoms. The first-order valence-corrected chi connectivity index (χ1v) is 15.7. The minimum atomic E-state index is -1.03. The molecule has 3 aromatic rings. The lowest BCUT2D eigenvalue weighted by atomic mass is 9.93. The number of piperidine rings is 1. The molecule has 7 nitrogen and oxygen atoms in total. The number of halogens is 1. The molecule has 0 radical (unpaired) electrons. The first-order chi connectivity index (χ1) is 20.9. The highest BCUT2D eigenvalue weighted by Crippen LogP contribution is 2.47. The zero-order valence-corrected chi connectivity index (χ0v) is 25.1. The number of fused-ring (bicyclic) bond motifs is 1. The van der Waals surface area contributed by atoms with Crippen molar-refractivity contribution in [3.8, 4) is 16.9 Å². The lowest BCUT2D eigenvalue weighted by Gasteiger charge is -2.40. The van der Waals surface area contributed by atoms with Gasteiger partial charge in [-0.2, -0.15) is 0 Å². The molecule has 6 rings (SSSR count). The number of aryl methyl sites for hydroxylation is 1. The van der Waals surface area contributed by atoms with Crippen LogP contribution in [0.25, 0.3) is 11.1 Å². The number of aromatic nitrogens is 1. The number of hydrogen-bond donors (Lipinski definition) is 1. The van der Waals surface area contributed by atoms with Crippen LogP contribution in [-0.2, 0) is 19.4 Å². The number of carbonyl (C=O) groups is 2. The summed E-state index contributed by atoms with van der Waals surface area (Å²) in [5, 5.41) is 9.74. The molecular formula is C35H40FN3O4. The van der Waals surface area contributed by atoms with Crippen molar-refractivity contribution >= 4 is 11.9 Å². The fraction of sp³-hybridized carbons (Fsp3) is 0.457. The monoisotopic (exact) mass is 585 g/mol. The maximum atomic E-state index is 14.1. The number of pyridine rings is 1. The molecule has 1 saturated heterocycles. The van der Waals surface area contributed by atoms with Crippen LogP contribution in [0, 0.1) is 5.82 Å². The van der Waals surface area contributed by atoms with E-state index in [-0.39, 0.29) is 23.3 Å². The van der Waals surface area contributed by atoms with Crippen molar-refractivity contribution in [2.24, 2.45) is 0 Å². The summed E-state index contributed by atoms with van der Waals surface area (Å²) in [6.45, 7) is 7.61. The third-order valence-corrected chi connectivity index (χ3v) is 9.06. The van der Waals surface area contributed by atoms with Gasteiger partial charge in [0.2, 0.25) is 0 Å². The van der Waals surface area contributed by atoms with Gasteiger partial charge in [0, 0.05) is 44.2 Å². The Morgan fingerprint density at radius 3 is 2.51 bits per heavy atom. The van der Waals surface area contributed by atoms with Crippen LogP contribution in [-0.4, -0.2) is 64.0 Å². The smallest absolute Gasteiger partial charge is 0.337 e. The lowest BCUT2D eigenvalue weighted by Crippen LogP contribution is -2.50. The highest BCUT2D eigenvalue weighted by Gasteiger charge is 2.35. The van der Waals surface area contributed by atoms with Crippen molar-refractivity contribution in [3.63, 3.8) is 0 Å². The van der Waals surface area contributed by atoms with Crippen LogP contribution in [0.3, 0.4) is 0 Å². The zero-order valence-electron chi connectivity index (χ0n) is 25.1. The largest absolute Gasteiger partial charge is 0.494 e. The quantitative estimate of drug-likeness (QED) is 0.293. The van der Waals surface area contributed by atoms with Gasteiger partial charge in [0.1, 0.15) is 11.6 Å². The third kappa shape index (κ3) is 6.16. The molecule has 1 saturated carbocycles. The van der Waals surface area contributed by atoms with E-state index in [0.29, 0.717) is 43.2 Å². The molecule has 8 heteroatoms. The Labute approximate surface area is 252 Å². The number of benzene rings is 2. The van der Waals surface area contributed by atoms with E-state index >= 15 is 0 Å². The Bertz CT molecular complexity index is 1530. The first-order valence-electron chi connectivity index (χ1n) is 15.7. The summed E-state index contributed by atoms with van der Waals surface area (Å²) in [7, 11) is 0. The molecule has 43 heavy (non-hydrogen) atoms. The summed E-state index contributed by atoms with van der Waals surface area (Å²) in [6, 6.07) is 12.9. The molecule has 0 unspecified atom stereocenters. The van der Waals surface area contributed by atoms with E-state index in [0.717, 1.165) is 79.9 Å². The summed E-state index contributed by atoms with van der Waals surface area (Å²) >= 11 is 0. The van der Waals surface area contributed by atoms with Crippen molar-refractivity contribution in [3.05, 3.63) is 81.9 Å². The van der Waals surface area contributed by atoms with Gasteiger partial charge >= 0.3 is 5.97 Å². The van der Waals surface area contributed by atoms with Gasteiger partial charge in [0.15, 0.2) is 0 Å². The first kappa shape index (κ1) is 29.3. The van der Waals surface area contributed by atoms with Crippen molar-refractivity contribution in [1.29, 1.82) is 0 Å². The predicted octanol–water partition coefficient (Wildman–Crippen LogP) is 6.48. The number of aromatic carboxylic acids is 1. The highest BCUT2D eigenvalue weighted by atomic mass is 19.1. The van der Waals surface area contributed by atoms with Crippen LogP contribution in [0.5, 0.6) is 5.75 Å². The standard InChI is InChI=1S/C35H40FN3O4/c1-3-6-31-30(35(41)42)19-29-32(37-31)13-16-39(34(29)40)26-11-14-38(15-12-26)21-24-18-27(22-9-10-22)28(20-33(24)43-4-2)23-7-5-8-25(36)17-23/h5,7-8,17-20,22,26H,3-4,6,9-16,21H2,1-2H3,(H,41,42). The van der Waals surface area contributed by atoms with Gasteiger partial charge in [0.05, 0.1) is 29.1 Å². The average Bonchev–Trinajstić information content (AvgIpc) is 3.84. The van der Waals surface area contributed by atoms with Gasteiger partial charge in [0.25, 0.3) is 5.91 Å². The molecule has 2 aliphatic heterocycles. The number of rotatable bonds is 10. The van der Waals surface area contributed by atoms with Crippen LogP contribution >= 0.6 is 0 Å². The summed E-state index contributed by atoms with van der Waals surface area (Å²) in [4.78, 5) is 34.5. The topological polar surface area (TPSA) is 83.0 Å². The summed E-state index contributed by atoms with van der Waals surface area (Å²) < 4.78 is 20.2. The zero-order chi connectivity index (χ0) is 30.1. The second-order valence-corrected chi connectivity index (χ2v) is 12.1. The normalized spacial score (nSPS) is 17.7. The molecular weight excluding hydrogens is 545 g/mol. The van der Waals surface area contributed by atoms with E-state index in [1.54, 1.807) is 18.2 Å². The number of carbonyl (C=O) groups excluding carboxylic acids is 1. The van der Waals surface area contributed by atoms with Crippen LogP contribution < -0.4 is 4.74 Å². The lowest BCUT2D eigenvalue weighted by molar-refractivity contribution is 0.0543. The van der Waals surface area contributed by atoms with E-state index in [1.807, 2.05) is 24.8 Å². The Morgan fingerprint density at radius 1 is 1.05 bits per heavy atom. The molecule has 0 bridgehead atoms. The van der Waals surface area contributed by atoms with Gasteiger partial charge in [-0.3, -0.25) is 14.7 Å². The van der Waals surface area contributed by atoms with Crippen LogP contribution in [0.4, 0.5) is 4.39 Å².